The minimum absolute atomic E-state index is 0.406. The van der Waals surface area contributed by atoms with Gasteiger partial charge in [0, 0.05) is 0 Å². The van der Waals surface area contributed by atoms with Gasteiger partial charge in [0.05, 0.1) is 11.6 Å². The molecule has 0 N–H and O–H groups in total. The first-order chi connectivity index (χ1) is 11.3. The van der Waals surface area contributed by atoms with Crippen molar-refractivity contribution >= 4 is 0 Å². The van der Waals surface area contributed by atoms with Gasteiger partial charge in [0.15, 0.2) is 0 Å². The molecule has 0 saturated heterocycles. The van der Waals surface area contributed by atoms with Gasteiger partial charge in [-0.1, -0.05) is 64.0 Å². The first-order valence-corrected chi connectivity index (χ1v) is 9.79. The van der Waals surface area contributed by atoms with E-state index in [-0.39, 0.29) is 0 Å². The smallest absolute Gasteiger partial charge is 0.0991 e. The molecule has 1 heteroatoms. The van der Waals surface area contributed by atoms with Crippen molar-refractivity contribution in [2.45, 2.75) is 83.0 Å². The van der Waals surface area contributed by atoms with Crippen LogP contribution < -0.4 is 0 Å². The van der Waals surface area contributed by atoms with Gasteiger partial charge in [-0.15, -0.1) is 0 Å². The second-order valence-electron chi connectivity index (χ2n) is 7.91. The van der Waals surface area contributed by atoms with Gasteiger partial charge in [0.25, 0.3) is 0 Å². The molecule has 0 atom stereocenters. The molecule has 0 bridgehead atoms. The average molecular weight is 309 g/mol. The lowest BCUT2D eigenvalue weighted by molar-refractivity contribution is 0.125. The largest absolute Gasteiger partial charge is 0.192 e. The van der Waals surface area contributed by atoms with Crippen LogP contribution in [-0.2, 0) is 5.41 Å². The summed E-state index contributed by atoms with van der Waals surface area (Å²) in [6.07, 6.45) is 15.4. The van der Waals surface area contributed by atoms with Gasteiger partial charge < -0.3 is 0 Å². The van der Waals surface area contributed by atoms with E-state index in [1.54, 1.807) is 0 Å². The Morgan fingerprint density at radius 1 is 1.00 bits per heavy atom. The number of rotatable bonds is 4. The number of hydrogen-bond donors (Lipinski definition) is 0. The van der Waals surface area contributed by atoms with E-state index in [4.69, 9.17) is 5.26 Å². The summed E-state index contributed by atoms with van der Waals surface area (Å²) in [6.45, 7) is 2.32. The average Bonchev–Trinajstić information content (AvgIpc) is 2.63. The van der Waals surface area contributed by atoms with Crippen molar-refractivity contribution in [2.75, 3.05) is 0 Å². The van der Waals surface area contributed by atoms with Crippen molar-refractivity contribution in [3.8, 4) is 6.07 Å². The number of benzene rings is 1. The number of hydrogen-bond acceptors (Lipinski definition) is 1. The molecule has 1 aromatic carbocycles. The van der Waals surface area contributed by atoms with Crippen LogP contribution in [-0.4, -0.2) is 0 Å². The van der Waals surface area contributed by atoms with Gasteiger partial charge in [-0.2, -0.15) is 5.26 Å². The maximum atomic E-state index is 9.08. The molecule has 2 saturated carbocycles. The van der Waals surface area contributed by atoms with Crippen molar-refractivity contribution in [3.05, 3.63) is 35.4 Å². The molecular weight excluding hydrogens is 278 g/mol. The first kappa shape index (κ1) is 16.6. The van der Waals surface area contributed by atoms with Crippen molar-refractivity contribution in [2.24, 2.45) is 11.8 Å². The summed E-state index contributed by atoms with van der Waals surface area (Å²) in [6, 6.07) is 10.9. The minimum atomic E-state index is 0.406. The van der Waals surface area contributed by atoms with Crippen molar-refractivity contribution in [3.63, 3.8) is 0 Å². The Balaban J connectivity index is 1.81. The Morgan fingerprint density at radius 2 is 1.65 bits per heavy atom. The fraction of sp³-hybridized carbons (Fsp3) is 0.682. The fourth-order valence-corrected chi connectivity index (χ4v) is 5.40. The van der Waals surface area contributed by atoms with Crippen molar-refractivity contribution < 1.29 is 0 Å². The molecule has 0 amide bonds. The van der Waals surface area contributed by atoms with Crippen LogP contribution in [0.1, 0.15) is 88.7 Å². The highest BCUT2D eigenvalue weighted by Gasteiger charge is 2.42. The van der Waals surface area contributed by atoms with E-state index in [0.717, 1.165) is 17.4 Å². The molecule has 0 heterocycles. The number of nitrogens with zero attached hydrogens (tertiary/aromatic N) is 1. The van der Waals surface area contributed by atoms with Gasteiger partial charge >= 0.3 is 0 Å². The van der Waals surface area contributed by atoms with Crippen LogP contribution in [0.3, 0.4) is 0 Å². The molecular formula is C22H31N. The molecule has 2 aliphatic rings. The molecule has 1 nitrogen and oxygen atoms in total. The summed E-state index contributed by atoms with van der Waals surface area (Å²) >= 11 is 0. The van der Waals surface area contributed by atoms with E-state index in [1.807, 2.05) is 12.1 Å². The maximum Gasteiger partial charge on any atom is 0.0991 e. The summed E-state index contributed by atoms with van der Waals surface area (Å²) in [7, 11) is 0. The monoisotopic (exact) mass is 309 g/mol. The molecule has 0 aliphatic heterocycles. The lowest BCUT2D eigenvalue weighted by atomic mass is 9.57. The molecule has 2 aliphatic carbocycles. The lowest BCUT2D eigenvalue weighted by Gasteiger charge is -2.47. The van der Waals surface area contributed by atoms with Crippen molar-refractivity contribution in [1.82, 2.24) is 0 Å². The number of nitriles is 1. The third-order valence-corrected chi connectivity index (χ3v) is 6.66. The van der Waals surface area contributed by atoms with Crippen LogP contribution in [0.5, 0.6) is 0 Å². The van der Waals surface area contributed by atoms with Gasteiger partial charge in [0.1, 0.15) is 0 Å². The quantitative estimate of drug-likeness (QED) is 0.634. The molecule has 1 aromatic rings. The summed E-state index contributed by atoms with van der Waals surface area (Å²) in [4.78, 5) is 0. The van der Waals surface area contributed by atoms with E-state index in [2.05, 4.69) is 25.1 Å². The molecule has 2 fully saturated rings. The Kier molecular flexibility index (Phi) is 5.42. The predicted molar refractivity (Wildman–Crippen MR) is 96.3 cm³/mol. The maximum absolute atomic E-state index is 9.08. The SMILES string of the molecule is CCCC1CCC(C2(c3ccc(C#N)cc3)CCCCC2)CC1. The third-order valence-electron chi connectivity index (χ3n) is 6.66. The molecule has 0 radical (unpaired) electrons. The highest BCUT2D eigenvalue weighted by Crippen LogP contribution is 2.51. The van der Waals surface area contributed by atoms with Crippen LogP contribution in [0.25, 0.3) is 0 Å². The van der Waals surface area contributed by atoms with Crippen LogP contribution >= 0.6 is 0 Å². The minimum Gasteiger partial charge on any atom is -0.192 e. The highest BCUT2D eigenvalue weighted by molar-refractivity contribution is 5.36. The summed E-state index contributed by atoms with van der Waals surface area (Å²) < 4.78 is 0. The van der Waals surface area contributed by atoms with Crippen LogP contribution in [0, 0.1) is 23.2 Å². The fourth-order valence-electron chi connectivity index (χ4n) is 5.40. The van der Waals surface area contributed by atoms with Gasteiger partial charge in [-0.05, 0) is 60.6 Å². The topological polar surface area (TPSA) is 23.8 Å². The van der Waals surface area contributed by atoms with Gasteiger partial charge in [0.2, 0.25) is 0 Å². The van der Waals surface area contributed by atoms with E-state index >= 15 is 0 Å². The molecule has 23 heavy (non-hydrogen) atoms. The summed E-state index contributed by atoms with van der Waals surface area (Å²) in [5.41, 5.74) is 2.73. The van der Waals surface area contributed by atoms with Crippen LogP contribution in [0.2, 0.25) is 0 Å². The lowest BCUT2D eigenvalue weighted by Crippen LogP contribution is -2.39. The zero-order chi connectivity index (χ0) is 16.1. The molecule has 3 rings (SSSR count). The van der Waals surface area contributed by atoms with E-state index in [0.29, 0.717) is 5.41 Å². The summed E-state index contributed by atoms with van der Waals surface area (Å²) in [5.74, 6) is 1.85. The predicted octanol–water partition coefficient (Wildman–Crippen LogP) is 6.37. The molecule has 0 spiro atoms. The standard InChI is InChI=1S/C22H31N/c1-2-6-18-7-11-20(12-8-18)22(15-4-3-5-16-22)21-13-9-19(17-23)10-14-21/h9-10,13-14,18,20H,2-8,11-12,15-16H2,1H3. The van der Waals surface area contributed by atoms with Gasteiger partial charge in [-0.3, -0.25) is 0 Å². The zero-order valence-electron chi connectivity index (χ0n) is 14.7. The Morgan fingerprint density at radius 3 is 2.22 bits per heavy atom. The second-order valence-corrected chi connectivity index (χ2v) is 7.91. The Labute approximate surface area is 142 Å². The van der Waals surface area contributed by atoms with Gasteiger partial charge in [-0.25, -0.2) is 0 Å². The Bertz CT molecular complexity index is 522. The van der Waals surface area contributed by atoms with Crippen LogP contribution in [0.15, 0.2) is 24.3 Å². The van der Waals surface area contributed by atoms with E-state index < -0.39 is 0 Å². The van der Waals surface area contributed by atoms with Crippen molar-refractivity contribution in [1.29, 1.82) is 5.26 Å². The third kappa shape index (κ3) is 3.47. The second kappa shape index (κ2) is 7.52. The Hall–Kier alpha value is -1.29. The summed E-state index contributed by atoms with van der Waals surface area (Å²) in [5, 5.41) is 9.08. The van der Waals surface area contributed by atoms with Crippen LogP contribution in [0.4, 0.5) is 0 Å². The van der Waals surface area contributed by atoms with E-state index in [1.165, 1.54) is 76.2 Å². The first-order valence-electron chi connectivity index (χ1n) is 9.79. The zero-order valence-corrected chi connectivity index (χ0v) is 14.7. The molecule has 0 aromatic heterocycles. The molecule has 0 unspecified atom stereocenters. The molecule has 124 valence electrons. The highest BCUT2D eigenvalue weighted by atomic mass is 14.5. The normalized spacial score (nSPS) is 27.3. The van der Waals surface area contributed by atoms with E-state index in [9.17, 15) is 0 Å².